The first kappa shape index (κ1) is 18.5. The number of nitriles is 1. The van der Waals surface area contributed by atoms with E-state index in [9.17, 15) is 15.2 Å². The van der Waals surface area contributed by atoms with Gasteiger partial charge in [0.15, 0.2) is 5.92 Å². The Morgan fingerprint density at radius 2 is 1.38 bits per heavy atom. The Balaban J connectivity index is 1.86. The van der Waals surface area contributed by atoms with Gasteiger partial charge in [0, 0.05) is 5.92 Å². The number of carboxylic acids is 1. The summed E-state index contributed by atoms with van der Waals surface area (Å²) in [4.78, 5) is 11.9. The molecule has 1 N–H and O–H groups in total. The van der Waals surface area contributed by atoms with Crippen molar-refractivity contribution in [3.05, 3.63) is 108 Å². The monoisotopic (exact) mass is 377 g/mol. The van der Waals surface area contributed by atoms with Crippen molar-refractivity contribution >= 4 is 16.7 Å². The summed E-state index contributed by atoms with van der Waals surface area (Å²) in [6.45, 7) is 0. The Bertz CT molecular complexity index is 1190. The highest BCUT2D eigenvalue weighted by Crippen LogP contribution is 2.37. The maximum atomic E-state index is 11.9. The van der Waals surface area contributed by atoms with Crippen LogP contribution in [0.2, 0.25) is 0 Å². The van der Waals surface area contributed by atoms with E-state index < -0.39 is 17.8 Å². The molecule has 0 aliphatic heterocycles. The van der Waals surface area contributed by atoms with Crippen molar-refractivity contribution in [3.8, 4) is 17.2 Å². The van der Waals surface area contributed by atoms with Crippen LogP contribution < -0.4 is 0 Å². The summed E-state index contributed by atoms with van der Waals surface area (Å²) < 4.78 is 0. The fraction of sp³-hybridized carbons (Fsp3) is 0.0769. The molecule has 0 aromatic heterocycles. The Kier molecular flexibility index (Phi) is 5.09. The van der Waals surface area contributed by atoms with Gasteiger partial charge in [-0.15, -0.1) is 0 Å². The van der Waals surface area contributed by atoms with Crippen LogP contribution in [0, 0.1) is 17.2 Å². The molecule has 3 nitrogen and oxygen atoms in total. The highest BCUT2D eigenvalue weighted by Gasteiger charge is 2.32. The summed E-state index contributed by atoms with van der Waals surface area (Å²) in [5.41, 5.74) is 3.81. The van der Waals surface area contributed by atoms with Gasteiger partial charge in [-0.2, -0.15) is 5.26 Å². The van der Waals surface area contributed by atoms with E-state index in [1.807, 2.05) is 103 Å². The van der Waals surface area contributed by atoms with E-state index in [2.05, 4.69) is 0 Å². The lowest BCUT2D eigenvalue weighted by molar-refractivity contribution is -0.140. The molecule has 2 unspecified atom stereocenters. The van der Waals surface area contributed by atoms with Gasteiger partial charge in [-0.3, -0.25) is 4.79 Å². The van der Waals surface area contributed by atoms with Gasteiger partial charge in [0.25, 0.3) is 0 Å². The molecule has 0 amide bonds. The number of benzene rings is 4. The van der Waals surface area contributed by atoms with E-state index in [1.54, 1.807) is 0 Å². The van der Waals surface area contributed by atoms with Crippen LogP contribution >= 0.6 is 0 Å². The number of fused-ring (bicyclic) bond motifs is 1. The van der Waals surface area contributed by atoms with Gasteiger partial charge < -0.3 is 5.11 Å². The van der Waals surface area contributed by atoms with Crippen LogP contribution in [0.5, 0.6) is 0 Å². The van der Waals surface area contributed by atoms with E-state index in [4.69, 9.17) is 0 Å². The van der Waals surface area contributed by atoms with Crippen LogP contribution in [-0.2, 0) is 4.79 Å². The predicted octanol–water partition coefficient (Wildman–Crippen LogP) is 5.86. The smallest absolute Gasteiger partial charge is 0.321 e. The lowest BCUT2D eigenvalue weighted by Gasteiger charge is -2.22. The van der Waals surface area contributed by atoms with E-state index in [0.29, 0.717) is 0 Å². The molecule has 0 saturated heterocycles. The first-order valence-electron chi connectivity index (χ1n) is 9.44. The van der Waals surface area contributed by atoms with Gasteiger partial charge in [-0.1, -0.05) is 97.1 Å². The molecule has 0 spiro atoms. The molecule has 0 heterocycles. The van der Waals surface area contributed by atoms with Crippen molar-refractivity contribution in [1.82, 2.24) is 0 Å². The second-order valence-corrected chi connectivity index (χ2v) is 6.98. The zero-order chi connectivity index (χ0) is 20.2. The number of rotatable bonds is 5. The first-order chi connectivity index (χ1) is 14.2. The Morgan fingerprint density at radius 1 is 0.759 bits per heavy atom. The van der Waals surface area contributed by atoms with Gasteiger partial charge >= 0.3 is 5.97 Å². The van der Waals surface area contributed by atoms with E-state index in [0.717, 1.165) is 33.0 Å². The molecule has 0 fully saturated rings. The van der Waals surface area contributed by atoms with Crippen molar-refractivity contribution in [1.29, 1.82) is 5.26 Å². The molecule has 0 radical (unpaired) electrons. The molecule has 29 heavy (non-hydrogen) atoms. The lowest BCUT2D eigenvalue weighted by Crippen LogP contribution is -2.22. The Hall–Kier alpha value is -3.90. The third kappa shape index (κ3) is 3.61. The minimum atomic E-state index is -1.18. The van der Waals surface area contributed by atoms with Gasteiger partial charge in [0.05, 0.1) is 6.07 Å². The summed E-state index contributed by atoms with van der Waals surface area (Å²) >= 11 is 0. The highest BCUT2D eigenvalue weighted by molar-refractivity contribution is 5.88. The summed E-state index contributed by atoms with van der Waals surface area (Å²) in [7, 11) is 0. The largest absolute Gasteiger partial charge is 0.480 e. The standard InChI is InChI=1S/C26H19NO2/c27-17-24(26(28)29)25(23-12-6-10-20-9-4-5-11-22(20)23)21-15-13-19(14-16-21)18-7-2-1-3-8-18/h1-16,24-25H,(H,28,29). The molecule has 4 aromatic carbocycles. The summed E-state index contributed by atoms with van der Waals surface area (Å²) in [6.07, 6.45) is 0. The quantitative estimate of drug-likeness (QED) is 0.474. The van der Waals surface area contributed by atoms with Crippen molar-refractivity contribution in [2.24, 2.45) is 5.92 Å². The van der Waals surface area contributed by atoms with Crippen molar-refractivity contribution in [3.63, 3.8) is 0 Å². The Morgan fingerprint density at radius 3 is 2.07 bits per heavy atom. The molecule has 2 atom stereocenters. The van der Waals surface area contributed by atoms with Crippen molar-refractivity contribution < 1.29 is 9.90 Å². The molecule has 4 rings (SSSR count). The van der Waals surface area contributed by atoms with Gasteiger partial charge in [0.1, 0.15) is 0 Å². The van der Waals surface area contributed by atoms with Gasteiger partial charge in [-0.05, 0) is 33.0 Å². The molecular formula is C26H19NO2. The maximum absolute atomic E-state index is 11.9. The molecule has 4 aromatic rings. The van der Waals surface area contributed by atoms with Gasteiger partial charge in [-0.25, -0.2) is 0 Å². The third-order valence-corrected chi connectivity index (χ3v) is 5.27. The fourth-order valence-electron chi connectivity index (χ4n) is 3.86. The second-order valence-electron chi connectivity index (χ2n) is 6.98. The SMILES string of the molecule is N#CC(C(=O)O)C(c1ccc(-c2ccccc2)cc1)c1cccc2ccccc12. The molecule has 0 bridgehead atoms. The number of aliphatic carboxylic acids is 1. The number of hydrogen-bond donors (Lipinski definition) is 1. The average molecular weight is 377 g/mol. The molecule has 0 saturated carbocycles. The number of carbonyl (C=O) groups is 1. The van der Waals surface area contributed by atoms with E-state index in [1.165, 1.54) is 0 Å². The van der Waals surface area contributed by atoms with E-state index >= 15 is 0 Å². The molecular weight excluding hydrogens is 358 g/mol. The number of carboxylic acid groups (broad SMARTS) is 1. The molecule has 0 aliphatic rings. The van der Waals surface area contributed by atoms with Crippen LogP contribution in [0.25, 0.3) is 21.9 Å². The van der Waals surface area contributed by atoms with Gasteiger partial charge in [0.2, 0.25) is 0 Å². The van der Waals surface area contributed by atoms with Crippen LogP contribution in [0.4, 0.5) is 0 Å². The third-order valence-electron chi connectivity index (χ3n) is 5.27. The Labute approximate surface area is 169 Å². The zero-order valence-corrected chi connectivity index (χ0v) is 15.7. The molecule has 0 aliphatic carbocycles. The average Bonchev–Trinajstić information content (AvgIpc) is 2.77. The minimum Gasteiger partial charge on any atom is -0.480 e. The summed E-state index contributed by atoms with van der Waals surface area (Å²) in [5, 5.41) is 21.4. The van der Waals surface area contributed by atoms with Crippen molar-refractivity contribution in [2.75, 3.05) is 0 Å². The maximum Gasteiger partial charge on any atom is 0.321 e. The zero-order valence-electron chi connectivity index (χ0n) is 15.7. The predicted molar refractivity (Wildman–Crippen MR) is 114 cm³/mol. The van der Waals surface area contributed by atoms with Crippen molar-refractivity contribution in [2.45, 2.75) is 5.92 Å². The highest BCUT2D eigenvalue weighted by atomic mass is 16.4. The fourth-order valence-corrected chi connectivity index (χ4v) is 3.86. The lowest BCUT2D eigenvalue weighted by atomic mass is 9.79. The topological polar surface area (TPSA) is 61.1 Å². The van der Waals surface area contributed by atoms with Crippen LogP contribution in [0.1, 0.15) is 17.0 Å². The molecule has 140 valence electrons. The molecule has 3 heteroatoms. The number of nitrogens with zero attached hydrogens (tertiary/aromatic N) is 1. The van der Waals surface area contributed by atoms with E-state index in [-0.39, 0.29) is 0 Å². The normalized spacial score (nSPS) is 12.8. The first-order valence-corrected chi connectivity index (χ1v) is 9.44. The van der Waals surface area contributed by atoms with Crippen LogP contribution in [0.15, 0.2) is 97.1 Å². The van der Waals surface area contributed by atoms with Crippen LogP contribution in [0.3, 0.4) is 0 Å². The summed E-state index contributed by atoms with van der Waals surface area (Å²) in [5.74, 6) is -2.85. The summed E-state index contributed by atoms with van der Waals surface area (Å²) in [6, 6.07) is 33.6. The second kappa shape index (κ2) is 8.00. The van der Waals surface area contributed by atoms with Crippen LogP contribution in [-0.4, -0.2) is 11.1 Å². The minimum absolute atomic E-state index is 0.562. The number of hydrogen-bond acceptors (Lipinski definition) is 2.